The van der Waals surface area contributed by atoms with Gasteiger partial charge in [-0.25, -0.2) is 0 Å². The number of alkyl halides is 3. The third-order valence-electron chi connectivity index (χ3n) is 2.02. The molecular weight excluding hydrogens is 211 g/mol. The standard InChI is InChI=1S/C9H6F3NS/c10-9(11,12)7-2-1-3-8-6(7)4-5-13(8)14/h1-5,14H. The summed E-state index contributed by atoms with van der Waals surface area (Å²) in [5.74, 6) is 0. The van der Waals surface area contributed by atoms with Gasteiger partial charge in [-0.3, -0.25) is 3.97 Å². The molecular formula is C9H6F3NS. The molecule has 5 heteroatoms. The van der Waals surface area contributed by atoms with Crippen molar-refractivity contribution in [3.8, 4) is 0 Å². The van der Waals surface area contributed by atoms with Crippen molar-refractivity contribution in [1.29, 1.82) is 0 Å². The molecule has 0 bridgehead atoms. The summed E-state index contributed by atoms with van der Waals surface area (Å²) in [5, 5.41) is 0.176. The summed E-state index contributed by atoms with van der Waals surface area (Å²) in [6.07, 6.45) is -2.82. The SMILES string of the molecule is FC(F)(F)c1cccc2c1ccn2S. The van der Waals surface area contributed by atoms with E-state index in [1.54, 1.807) is 6.07 Å². The van der Waals surface area contributed by atoms with Crippen LogP contribution in [0.3, 0.4) is 0 Å². The number of hydrogen-bond acceptors (Lipinski definition) is 1. The second-order valence-corrected chi connectivity index (χ2v) is 3.33. The lowest BCUT2D eigenvalue weighted by Crippen LogP contribution is -2.04. The topological polar surface area (TPSA) is 4.93 Å². The van der Waals surface area contributed by atoms with Crippen molar-refractivity contribution < 1.29 is 13.2 Å². The van der Waals surface area contributed by atoms with E-state index in [1.807, 2.05) is 0 Å². The molecule has 0 aliphatic carbocycles. The van der Waals surface area contributed by atoms with Crippen LogP contribution < -0.4 is 0 Å². The number of rotatable bonds is 0. The maximum atomic E-state index is 12.5. The largest absolute Gasteiger partial charge is 0.417 e. The van der Waals surface area contributed by atoms with Gasteiger partial charge in [0.2, 0.25) is 0 Å². The Morgan fingerprint density at radius 3 is 2.50 bits per heavy atom. The predicted octanol–water partition coefficient (Wildman–Crippen LogP) is 3.35. The lowest BCUT2D eigenvalue weighted by molar-refractivity contribution is -0.136. The summed E-state index contributed by atoms with van der Waals surface area (Å²) in [6.45, 7) is 0. The highest BCUT2D eigenvalue weighted by molar-refractivity contribution is 7.78. The summed E-state index contributed by atoms with van der Waals surface area (Å²) >= 11 is 3.99. The molecule has 2 rings (SSSR count). The van der Waals surface area contributed by atoms with Gasteiger partial charge >= 0.3 is 6.18 Å². The van der Waals surface area contributed by atoms with Crippen LogP contribution in [0.25, 0.3) is 10.9 Å². The van der Waals surface area contributed by atoms with Gasteiger partial charge in [-0.1, -0.05) is 18.9 Å². The van der Waals surface area contributed by atoms with E-state index in [0.717, 1.165) is 6.07 Å². The first-order valence-corrected chi connectivity index (χ1v) is 4.26. The molecule has 14 heavy (non-hydrogen) atoms. The molecule has 2 aromatic rings. The normalized spacial score (nSPS) is 12.3. The summed E-state index contributed by atoms with van der Waals surface area (Å²) < 4.78 is 38.8. The Hall–Kier alpha value is -1.10. The predicted molar refractivity (Wildman–Crippen MR) is 51.3 cm³/mol. The van der Waals surface area contributed by atoms with Crippen molar-refractivity contribution in [3.05, 3.63) is 36.0 Å². The molecule has 74 valence electrons. The van der Waals surface area contributed by atoms with Gasteiger partial charge in [0.15, 0.2) is 0 Å². The number of hydrogen-bond donors (Lipinski definition) is 1. The van der Waals surface area contributed by atoms with E-state index in [1.165, 1.54) is 22.3 Å². The Kier molecular flexibility index (Phi) is 1.99. The van der Waals surface area contributed by atoms with Gasteiger partial charge in [0.25, 0.3) is 0 Å². The first-order valence-electron chi connectivity index (χ1n) is 3.86. The van der Waals surface area contributed by atoms with Crippen molar-refractivity contribution in [1.82, 2.24) is 3.97 Å². The molecule has 1 aromatic carbocycles. The minimum Gasteiger partial charge on any atom is -0.294 e. The molecule has 0 aliphatic rings. The Labute approximate surface area is 83.7 Å². The molecule has 1 aromatic heterocycles. The molecule has 0 atom stereocenters. The smallest absolute Gasteiger partial charge is 0.294 e. The lowest BCUT2D eigenvalue weighted by atomic mass is 10.1. The third-order valence-corrected chi connectivity index (χ3v) is 2.37. The highest BCUT2D eigenvalue weighted by Crippen LogP contribution is 2.35. The zero-order valence-electron chi connectivity index (χ0n) is 6.92. The van der Waals surface area contributed by atoms with Crippen molar-refractivity contribution >= 4 is 23.7 Å². The van der Waals surface area contributed by atoms with Crippen molar-refractivity contribution in [2.24, 2.45) is 0 Å². The van der Waals surface area contributed by atoms with Crippen molar-refractivity contribution in [2.75, 3.05) is 0 Å². The summed E-state index contributed by atoms with van der Waals surface area (Å²) in [4.78, 5) is 0. The zero-order chi connectivity index (χ0) is 10.3. The lowest BCUT2D eigenvalue weighted by Gasteiger charge is -2.07. The first kappa shape index (κ1) is 9.45. The van der Waals surface area contributed by atoms with Gasteiger partial charge in [-0.2, -0.15) is 13.2 Å². The van der Waals surface area contributed by atoms with Crippen LogP contribution in [0.4, 0.5) is 13.2 Å². The van der Waals surface area contributed by atoms with Gasteiger partial charge in [-0.05, 0) is 18.2 Å². The number of fused-ring (bicyclic) bond motifs is 1. The molecule has 0 radical (unpaired) electrons. The first-order chi connectivity index (χ1) is 6.50. The Morgan fingerprint density at radius 1 is 1.14 bits per heavy atom. The van der Waals surface area contributed by atoms with Crippen LogP contribution >= 0.6 is 12.8 Å². The zero-order valence-corrected chi connectivity index (χ0v) is 7.81. The molecule has 1 nitrogen and oxygen atoms in total. The van der Waals surface area contributed by atoms with E-state index in [2.05, 4.69) is 12.8 Å². The molecule has 1 heterocycles. The summed E-state index contributed by atoms with van der Waals surface area (Å²) in [6, 6.07) is 5.44. The number of nitrogens with zero attached hydrogens (tertiary/aromatic N) is 1. The van der Waals surface area contributed by atoms with Gasteiger partial charge in [0, 0.05) is 11.6 Å². The minimum atomic E-state index is -4.31. The van der Waals surface area contributed by atoms with Crippen LogP contribution in [0.1, 0.15) is 5.56 Å². The van der Waals surface area contributed by atoms with Crippen molar-refractivity contribution in [2.45, 2.75) is 6.18 Å². The van der Waals surface area contributed by atoms with Crippen LogP contribution in [-0.2, 0) is 6.18 Å². The number of aromatic nitrogens is 1. The fraction of sp³-hybridized carbons (Fsp3) is 0.111. The molecule has 0 saturated carbocycles. The van der Waals surface area contributed by atoms with E-state index in [-0.39, 0.29) is 5.39 Å². The number of halogens is 3. The van der Waals surface area contributed by atoms with Crippen molar-refractivity contribution in [3.63, 3.8) is 0 Å². The van der Waals surface area contributed by atoms with E-state index in [0.29, 0.717) is 5.52 Å². The second-order valence-electron chi connectivity index (χ2n) is 2.90. The fourth-order valence-electron chi connectivity index (χ4n) is 1.40. The van der Waals surface area contributed by atoms with E-state index >= 15 is 0 Å². The molecule has 0 N–H and O–H groups in total. The maximum Gasteiger partial charge on any atom is 0.417 e. The quantitative estimate of drug-likeness (QED) is 0.646. The number of thiol groups is 1. The van der Waals surface area contributed by atoms with Crippen LogP contribution in [0.2, 0.25) is 0 Å². The third kappa shape index (κ3) is 1.37. The summed E-state index contributed by atoms with van der Waals surface area (Å²) in [5.41, 5.74) is -0.161. The Bertz CT molecular complexity index is 472. The summed E-state index contributed by atoms with van der Waals surface area (Å²) in [7, 11) is 0. The van der Waals surface area contributed by atoms with Gasteiger partial charge in [0.05, 0.1) is 11.1 Å². The Morgan fingerprint density at radius 2 is 1.86 bits per heavy atom. The van der Waals surface area contributed by atoms with Gasteiger partial charge in [-0.15, -0.1) is 0 Å². The monoisotopic (exact) mass is 217 g/mol. The average Bonchev–Trinajstić information content (AvgIpc) is 2.46. The van der Waals surface area contributed by atoms with Crippen LogP contribution in [-0.4, -0.2) is 3.97 Å². The average molecular weight is 217 g/mol. The van der Waals surface area contributed by atoms with Crippen LogP contribution in [0, 0.1) is 0 Å². The Balaban J connectivity index is 2.79. The molecule has 0 spiro atoms. The molecule has 0 amide bonds. The van der Waals surface area contributed by atoms with Crippen LogP contribution in [0.5, 0.6) is 0 Å². The fourth-order valence-corrected chi connectivity index (χ4v) is 1.64. The minimum absolute atomic E-state index is 0.176. The molecule has 0 aliphatic heterocycles. The van der Waals surface area contributed by atoms with E-state index in [9.17, 15) is 13.2 Å². The molecule has 0 saturated heterocycles. The maximum absolute atomic E-state index is 12.5. The van der Waals surface area contributed by atoms with Gasteiger partial charge in [0.1, 0.15) is 0 Å². The van der Waals surface area contributed by atoms with E-state index < -0.39 is 11.7 Å². The van der Waals surface area contributed by atoms with Gasteiger partial charge < -0.3 is 0 Å². The van der Waals surface area contributed by atoms with E-state index in [4.69, 9.17) is 0 Å². The highest BCUT2D eigenvalue weighted by Gasteiger charge is 2.32. The highest BCUT2D eigenvalue weighted by atomic mass is 32.1. The molecule has 0 fully saturated rings. The number of benzene rings is 1. The van der Waals surface area contributed by atoms with Crippen LogP contribution in [0.15, 0.2) is 30.5 Å². The second kappa shape index (κ2) is 2.95. The molecule has 0 unspecified atom stereocenters.